The van der Waals surface area contributed by atoms with Crippen LogP contribution >= 0.6 is 38.5 Å². The number of nitrogens with zero attached hydrogens (tertiary/aromatic N) is 2. The molecule has 0 aliphatic rings. The number of aromatic nitrogens is 2. The van der Waals surface area contributed by atoms with Crippen LogP contribution in [0.15, 0.2) is 28.9 Å². The minimum atomic E-state index is -0.963. The Morgan fingerprint density at radius 3 is 2.76 bits per heavy atom. The molecule has 0 bridgehead atoms. The second kappa shape index (κ2) is 4.77. The van der Waals surface area contributed by atoms with E-state index in [1.165, 1.54) is 6.20 Å². The summed E-state index contributed by atoms with van der Waals surface area (Å²) in [5, 5.41) is 13.1. The lowest BCUT2D eigenvalue weighted by molar-refractivity contribution is 0.0695. The van der Waals surface area contributed by atoms with Gasteiger partial charge in [-0.05, 0) is 53.3 Å². The summed E-state index contributed by atoms with van der Waals surface area (Å²) in [4.78, 5) is 10.9. The molecule has 1 heterocycles. The van der Waals surface area contributed by atoms with E-state index in [4.69, 9.17) is 5.11 Å². The fourth-order valence-corrected chi connectivity index (χ4v) is 2.73. The smallest absolute Gasteiger partial charge is 0.340 e. The normalized spacial score (nSPS) is 10.5. The van der Waals surface area contributed by atoms with E-state index in [9.17, 15) is 4.79 Å². The van der Waals surface area contributed by atoms with Gasteiger partial charge in [-0.3, -0.25) is 0 Å². The van der Waals surface area contributed by atoms with Crippen molar-refractivity contribution in [3.05, 3.63) is 43.7 Å². The van der Waals surface area contributed by atoms with Crippen molar-refractivity contribution in [1.29, 1.82) is 0 Å². The Kier molecular flexibility index (Phi) is 3.53. The van der Waals surface area contributed by atoms with Crippen molar-refractivity contribution in [3.8, 4) is 5.69 Å². The predicted octanol–water partition coefficient (Wildman–Crippen LogP) is 3.25. The lowest BCUT2D eigenvalue weighted by Crippen LogP contribution is -2.04. The molecule has 0 radical (unpaired) electrons. The van der Waals surface area contributed by atoms with Crippen molar-refractivity contribution < 1.29 is 9.90 Å². The fourth-order valence-electron chi connectivity index (χ4n) is 1.50. The quantitative estimate of drug-likeness (QED) is 0.779. The third-order valence-electron chi connectivity index (χ3n) is 2.33. The lowest BCUT2D eigenvalue weighted by atomic mass is 10.2. The van der Waals surface area contributed by atoms with Crippen LogP contribution < -0.4 is 0 Å². The molecule has 0 aliphatic carbocycles. The molecule has 17 heavy (non-hydrogen) atoms. The Morgan fingerprint density at radius 1 is 1.53 bits per heavy atom. The molecule has 6 heteroatoms. The van der Waals surface area contributed by atoms with Crippen LogP contribution in [0.1, 0.15) is 15.9 Å². The van der Waals surface area contributed by atoms with E-state index in [2.05, 4.69) is 21.0 Å². The Labute approximate surface area is 120 Å². The van der Waals surface area contributed by atoms with Gasteiger partial charge in [0.05, 0.1) is 11.9 Å². The molecule has 4 nitrogen and oxygen atoms in total. The summed E-state index contributed by atoms with van der Waals surface area (Å²) in [6.07, 6.45) is 1.37. The van der Waals surface area contributed by atoms with Gasteiger partial charge in [0.2, 0.25) is 0 Å². The van der Waals surface area contributed by atoms with Crippen LogP contribution in [-0.4, -0.2) is 20.9 Å². The molecule has 2 rings (SSSR count). The maximum Gasteiger partial charge on any atom is 0.340 e. The minimum Gasteiger partial charge on any atom is -0.478 e. The van der Waals surface area contributed by atoms with Crippen molar-refractivity contribution in [2.75, 3.05) is 0 Å². The van der Waals surface area contributed by atoms with Gasteiger partial charge in [0.15, 0.2) is 0 Å². The van der Waals surface area contributed by atoms with Crippen LogP contribution in [-0.2, 0) is 0 Å². The molecule has 1 aromatic carbocycles. The van der Waals surface area contributed by atoms with Crippen LogP contribution in [0.4, 0.5) is 0 Å². The number of benzene rings is 1. The number of hydrogen-bond acceptors (Lipinski definition) is 2. The molecule has 88 valence electrons. The molecule has 0 atom stereocenters. The first-order chi connectivity index (χ1) is 8.00. The largest absolute Gasteiger partial charge is 0.478 e. The fraction of sp³-hybridized carbons (Fsp3) is 0.0909. The molecule has 1 N–H and O–H groups in total. The van der Waals surface area contributed by atoms with Crippen molar-refractivity contribution in [3.63, 3.8) is 0 Å². The first-order valence-corrected chi connectivity index (χ1v) is 6.61. The second-order valence-corrected chi connectivity index (χ2v) is 5.43. The summed E-state index contributed by atoms with van der Waals surface area (Å²) in [6, 6.07) is 5.77. The number of aromatic carboxylic acids is 1. The molecule has 0 saturated heterocycles. The van der Waals surface area contributed by atoms with Gasteiger partial charge < -0.3 is 5.11 Å². The number of halogens is 2. The van der Waals surface area contributed by atoms with Crippen LogP contribution in [0, 0.1) is 10.6 Å². The molecule has 2 aromatic rings. The van der Waals surface area contributed by atoms with Gasteiger partial charge in [-0.1, -0.05) is 15.9 Å². The molecular weight excluding hydrogens is 399 g/mol. The zero-order chi connectivity index (χ0) is 12.6. The van der Waals surface area contributed by atoms with Crippen LogP contribution in [0.25, 0.3) is 5.69 Å². The Bertz CT molecular complexity index is 595. The molecule has 1 aromatic heterocycles. The molecule has 0 aliphatic heterocycles. The summed E-state index contributed by atoms with van der Waals surface area (Å²) in [5.41, 5.74) is 2.12. The number of rotatable bonds is 2. The standard InChI is InChI=1S/C11H8BrIN2O2/c1-6-4-7(12)2-3-9(6)15-10(13)8(5-14-15)11(16)17/h2-5H,1H3,(H,16,17). The third-order valence-corrected chi connectivity index (χ3v) is 3.86. The molecule has 0 unspecified atom stereocenters. The van der Waals surface area contributed by atoms with Crippen LogP contribution in [0.2, 0.25) is 0 Å². The maximum absolute atomic E-state index is 10.9. The highest BCUT2D eigenvalue weighted by atomic mass is 127. The molecule has 0 spiro atoms. The summed E-state index contributed by atoms with van der Waals surface area (Å²) in [5.74, 6) is -0.963. The number of carboxylic acids is 1. The number of carbonyl (C=O) groups is 1. The van der Waals surface area contributed by atoms with Crippen LogP contribution in [0.3, 0.4) is 0 Å². The Balaban J connectivity index is 2.57. The zero-order valence-electron chi connectivity index (χ0n) is 8.82. The van der Waals surface area contributed by atoms with E-state index in [0.717, 1.165) is 15.7 Å². The number of hydrogen-bond donors (Lipinski definition) is 1. The SMILES string of the molecule is Cc1cc(Br)ccc1-n1ncc(C(=O)O)c1I. The first kappa shape index (κ1) is 12.6. The van der Waals surface area contributed by atoms with Gasteiger partial charge in [0, 0.05) is 4.47 Å². The van der Waals surface area contributed by atoms with Crippen LogP contribution in [0.5, 0.6) is 0 Å². The van der Waals surface area contributed by atoms with Crippen molar-refractivity contribution in [2.24, 2.45) is 0 Å². The van der Waals surface area contributed by atoms with E-state index < -0.39 is 5.97 Å². The van der Waals surface area contributed by atoms with Gasteiger partial charge in [-0.2, -0.15) is 5.10 Å². The monoisotopic (exact) mass is 406 g/mol. The van der Waals surface area contributed by atoms with Gasteiger partial charge >= 0.3 is 5.97 Å². The molecule has 0 amide bonds. The highest BCUT2D eigenvalue weighted by molar-refractivity contribution is 14.1. The molecule has 0 fully saturated rings. The predicted molar refractivity (Wildman–Crippen MR) is 75.7 cm³/mol. The van der Waals surface area contributed by atoms with Crippen molar-refractivity contribution in [2.45, 2.75) is 6.92 Å². The highest BCUT2D eigenvalue weighted by Gasteiger charge is 2.16. The van der Waals surface area contributed by atoms with E-state index in [0.29, 0.717) is 3.70 Å². The highest BCUT2D eigenvalue weighted by Crippen LogP contribution is 2.22. The minimum absolute atomic E-state index is 0.216. The van der Waals surface area contributed by atoms with E-state index in [1.54, 1.807) is 4.68 Å². The summed E-state index contributed by atoms with van der Waals surface area (Å²) in [6.45, 7) is 1.96. The number of carboxylic acid groups (broad SMARTS) is 1. The van der Waals surface area contributed by atoms with Gasteiger partial charge in [0.1, 0.15) is 9.26 Å². The summed E-state index contributed by atoms with van der Waals surface area (Å²) < 4.78 is 3.21. The average Bonchev–Trinajstić information content (AvgIpc) is 2.60. The van der Waals surface area contributed by atoms with E-state index in [-0.39, 0.29) is 5.56 Å². The maximum atomic E-state index is 10.9. The zero-order valence-corrected chi connectivity index (χ0v) is 12.6. The van der Waals surface area contributed by atoms with E-state index in [1.807, 2.05) is 47.7 Å². The molecule has 0 saturated carbocycles. The average molecular weight is 407 g/mol. The lowest BCUT2D eigenvalue weighted by Gasteiger charge is -2.07. The Morgan fingerprint density at radius 2 is 2.24 bits per heavy atom. The third kappa shape index (κ3) is 2.37. The topological polar surface area (TPSA) is 55.1 Å². The summed E-state index contributed by atoms with van der Waals surface area (Å²) >= 11 is 5.38. The van der Waals surface area contributed by atoms with Gasteiger partial charge in [-0.25, -0.2) is 9.48 Å². The van der Waals surface area contributed by atoms with Crippen molar-refractivity contribution >= 4 is 44.5 Å². The van der Waals surface area contributed by atoms with Gasteiger partial charge in [-0.15, -0.1) is 0 Å². The number of aryl methyl sites for hydroxylation is 1. The second-order valence-electron chi connectivity index (χ2n) is 3.50. The molecular formula is C11H8BrIN2O2. The van der Waals surface area contributed by atoms with Crippen molar-refractivity contribution in [1.82, 2.24) is 9.78 Å². The van der Waals surface area contributed by atoms with Gasteiger partial charge in [0.25, 0.3) is 0 Å². The Hall–Kier alpha value is -0.890. The summed E-state index contributed by atoms with van der Waals surface area (Å²) in [7, 11) is 0. The van der Waals surface area contributed by atoms with E-state index >= 15 is 0 Å². The first-order valence-electron chi connectivity index (χ1n) is 4.74.